The van der Waals surface area contributed by atoms with Crippen molar-refractivity contribution in [1.82, 2.24) is 0 Å². The molecule has 0 bridgehead atoms. The van der Waals surface area contributed by atoms with Crippen LogP contribution in [0.5, 0.6) is 0 Å². The van der Waals surface area contributed by atoms with E-state index in [0.717, 1.165) is 16.9 Å². The largest absolute Gasteiger partial charge is 0.192 e. The minimum Gasteiger partial charge on any atom is -0.192 e. The third kappa shape index (κ3) is 2.89. The summed E-state index contributed by atoms with van der Waals surface area (Å²) in [5, 5.41) is 9.01. The highest BCUT2D eigenvalue weighted by atomic mass is 32.2. The highest BCUT2D eigenvalue weighted by Crippen LogP contribution is 2.26. The fourth-order valence-corrected chi connectivity index (χ4v) is 2.66. The van der Waals surface area contributed by atoms with Crippen LogP contribution >= 0.6 is 11.8 Å². The van der Waals surface area contributed by atoms with Gasteiger partial charge in [0.2, 0.25) is 0 Å². The Bertz CT molecular complexity index is 555. The molecule has 0 unspecified atom stereocenters. The molecule has 0 aliphatic carbocycles. The molecular formula is C15H13NS. The monoisotopic (exact) mass is 239 g/mol. The second-order valence-electron chi connectivity index (χ2n) is 3.82. The lowest BCUT2D eigenvalue weighted by molar-refractivity contribution is 1.28. The molecule has 0 spiro atoms. The van der Waals surface area contributed by atoms with E-state index in [2.05, 4.69) is 25.1 Å². The van der Waals surface area contributed by atoms with Crippen LogP contribution in [-0.2, 0) is 5.75 Å². The van der Waals surface area contributed by atoms with E-state index in [-0.39, 0.29) is 0 Å². The first-order valence-corrected chi connectivity index (χ1v) is 6.46. The molecule has 1 nitrogen and oxygen atoms in total. The Labute approximate surface area is 106 Å². The third-order valence-corrected chi connectivity index (χ3v) is 3.84. The van der Waals surface area contributed by atoms with Crippen LogP contribution in [-0.4, -0.2) is 0 Å². The van der Waals surface area contributed by atoms with Crippen LogP contribution in [0.2, 0.25) is 0 Å². The number of nitriles is 1. The minimum absolute atomic E-state index is 0.772. The van der Waals surface area contributed by atoms with E-state index in [0.29, 0.717) is 0 Å². The molecule has 0 saturated carbocycles. The van der Waals surface area contributed by atoms with E-state index in [1.165, 1.54) is 10.5 Å². The lowest BCUT2D eigenvalue weighted by atomic mass is 10.1. The van der Waals surface area contributed by atoms with E-state index in [1.54, 1.807) is 11.8 Å². The van der Waals surface area contributed by atoms with Gasteiger partial charge in [0.25, 0.3) is 0 Å². The van der Waals surface area contributed by atoms with Gasteiger partial charge in [0.05, 0.1) is 11.6 Å². The second kappa shape index (κ2) is 5.56. The van der Waals surface area contributed by atoms with Crippen molar-refractivity contribution < 1.29 is 0 Å². The molecule has 0 aliphatic heterocycles. The summed E-state index contributed by atoms with van der Waals surface area (Å²) in [6, 6.07) is 18.3. The first-order chi connectivity index (χ1) is 8.31. The number of hydrogen-bond acceptors (Lipinski definition) is 2. The van der Waals surface area contributed by atoms with Crippen molar-refractivity contribution in [2.75, 3.05) is 0 Å². The number of thioether (sulfide) groups is 1. The van der Waals surface area contributed by atoms with Gasteiger partial charge < -0.3 is 0 Å². The summed E-state index contributed by atoms with van der Waals surface area (Å²) in [5.74, 6) is 0.842. The number of rotatable bonds is 3. The maximum atomic E-state index is 9.01. The van der Waals surface area contributed by atoms with E-state index in [9.17, 15) is 0 Å². The summed E-state index contributed by atoms with van der Waals surface area (Å²) in [6.07, 6.45) is 0. The van der Waals surface area contributed by atoms with Crippen LogP contribution in [0.15, 0.2) is 53.4 Å². The van der Waals surface area contributed by atoms with Crippen LogP contribution in [0.25, 0.3) is 0 Å². The van der Waals surface area contributed by atoms with Gasteiger partial charge in [0.15, 0.2) is 0 Å². The summed E-state index contributed by atoms with van der Waals surface area (Å²) in [7, 11) is 0. The number of hydrogen-bond donors (Lipinski definition) is 0. The summed E-state index contributed by atoms with van der Waals surface area (Å²) in [4.78, 5) is 1.28. The van der Waals surface area contributed by atoms with E-state index in [1.807, 2.05) is 36.4 Å². The average Bonchev–Trinajstić information content (AvgIpc) is 2.38. The SMILES string of the molecule is Cc1ccccc1SCc1ccccc1C#N. The molecule has 0 aromatic heterocycles. The van der Waals surface area contributed by atoms with E-state index < -0.39 is 0 Å². The molecule has 2 rings (SSSR count). The fraction of sp³-hybridized carbons (Fsp3) is 0.133. The maximum Gasteiger partial charge on any atom is 0.0994 e. The first-order valence-electron chi connectivity index (χ1n) is 5.47. The minimum atomic E-state index is 0.772. The zero-order valence-corrected chi connectivity index (χ0v) is 10.5. The van der Waals surface area contributed by atoms with Crippen molar-refractivity contribution in [1.29, 1.82) is 5.26 Å². The van der Waals surface area contributed by atoms with Gasteiger partial charge in [0.1, 0.15) is 0 Å². The van der Waals surface area contributed by atoms with Gasteiger partial charge in [-0.05, 0) is 30.2 Å². The Morgan fingerprint density at radius 2 is 1.76 bits per heavy atom. The Morgan fingerprint density at radius 1 is 1.06 bits per heavy atom. The van der Waals surface area contributed by atoms with E-state index in [4.69, 9.17) is 5.26 Å². The molecule has 0 saturated heterocycles. The van der Waals surface area contributed by atoms with E-state index >= 15 is 0 Å². The van der Waals surface area contributed by atoms with Gasteiger partial charge >= 0.3 is 0 Å². The second-order valence-corrected chi connectivity index (χ2v) is 4.84. The van der Waals surface area contributed by atoms with Crippen LogP contribution in [0, 0.1) is 18.3 Å². The van der Waals surface area contributed by atoms with Crippen LogP contribution < -0.4 is 0 Å². The van der Waals surface area contributed by atoms with Crippen molar-refractivity contribution in [3.63, 3.8) is 0 Å². The standard InChI is InChI=1S/C15H13NS/c1-12-6-2-5-9-15(12)17-11-14-8-4-3-7-13(14)10-16/h2-9H,11H2,1H3. The molecule has 2 heteroatoms. The van der Waals surface area contributed by atoms with Crippen molar-refractivity contribution in [2.24, 2.45) is 0 Å². The molecular weight excluding hydrogens is 226 g/mol. The summed E-state index contributed by atoms with van der Waals surface area (Å²) in [6.45, 7) is 2.11. The number of benzene rings is 2. The van der Waals surface area contributed by atoms with Crippen molar-refractivity contribution >= 4 is 11.8 Å². The van der Waals surface area contributed by atoms with Gasteiger partial charge in [-0.15, -0.1) is 11.8 Å². The van der Waals surface area contributed by atoms with Crippen LogP contribution in [0.1, 0.15) is 16.7 Å². The lowest BCUT2D eigenvalue weighted by Crippen LogP contribution is -1.87. The highest BCUT2D eigenvalue weighted by molar-refractivity contribution is 7.98. The fourth-order valence-electron chi connectivity index (χ4n) is 1.63. The Hall–Kier alpha value is -1.72. The molecule has 0 heterocycles. The molecule has 0 fully saturated rings. The maximum absolute atomic E-state index is 9.01. The van der Waals surface area contributed by atoms with Gasteiger partial charge in [-0.3, -0.25) is 0 Å². The van der Waals surface area contributed by atoms with Crippen molar-refractivity contribution in [2.45, 2.75) is 17.6 Å². The predicted octanol–water partition coefficient (Wildman–Crippen LogP) is 4.16. The van der Waals surface area contributed by atoms with Crippen LogP contribution in [0.3, 0.4) is 0 Å². The molecule has 2 aromatic carbocycles. The molecule has 0 atom stereocenters. The molecule has 0 radical (unpaired) electrons. The van der Waals surface area contributed by atoms with Gasteiger partial charge in [-0.25, -0.2) is 0 Å². The average molecular weight is 239 g/mol. The van der Waals surface area contributed by atoms with Gasteiger partial charge in [0, 0.05) is 10.6 Å². The summed E-state index contributed by atoms with van der Waals surface area (Å²) < 4.78 is 0. The molecule has 0 N–H and O–H groups in total. The predicted molar refractivity (Wildman–Crippen MR) is 71.9 cm³/mol. The third-order valence-electron chi connectivity index (χ3n) is 2.61. The Balaban J connectivity index is 2.13. The smallest absolute Gasteiger partial charge is 0.0994 e. The normalized spacial score (nSPS) is 9.88. The summed E-state index contributed by atoms with van der Waals surface area (Å²) in [5.41, 5.74) is 3.16. The molecule has 0 amide bonds. The lowest BCUT2D eigenvalue weighted by Gasteiger charge is -2.06. The number of aryl methyl sites for hydroxylation is 1. The van der Waals surface area contributed by atoms with Crippen LogP contribution in [0.4, 0.5) is 0 Å². The Kier molecular flexibility index (Phi) is 3.85. The molecule has 84 valence electrons. The zero-order chi connectivity index (χ0) is 12.1. The zero-order valence-electron chi connectivity index (χ0n) is 9.68. The van der Waals surface area contributed by atoms with Gasteiger partial charge in [-0.2, -0.15) is 5.26 Å². The van der Waals surface area contributed by atoms with Crippen molar-refractivity contribution in [3.05, 3.63) is 65.2 Å². The molecule has 2 aromatic rings. The number of nitrogens with zero attached hydrogens (tertiary/aromatic N) is 1. The quantitative estimate of drug-likeness (QED) is 0.751. The molecule has 17 heavy (non-hydrogen) atoms. The first kappa shape index (κ1) is 11.8. The topological polar surface area (TPSA) is 23.8 Å². The van der Waals surface area contributed by atoms with Gasteiger partial charge in [-0.1, -0.05) is 36.4 Å². The van der Waals surface area contributed by atoms with Crippen molar-refractivity contribution in [3.8, 4) is 6.07 Å². The Morgan fingerprint density at radius 3 is 2.53 bits per heavy atom. The molecule has 0 aliphatic rings. The highest BCUT2D eigenvalue weighted by Gasteiger charge is 2.03. The summed E-state index contributed by atoms with van der Waals surface area (Å²) >= 11 is 1.78.